The Balaban J connectivity index is 1.45. The Morgan fingerprint density at radius 1 is 0.857 bits per heavy atom. The Morgan fingerprint density at radius 3 is 2.39 bits per heavy atom. The predicted molar refractivity (Wildman–Crippen MR) is 116 cm³/mol. The minimum absolute atomic E-state index is 0.359. The number of fused-ring (bicyclic) bond motifs is 5. The summed E-state index contributed by atoms with van der Waals surface area (Å²) >= 11 is 0. The molecule has 0 spiro atoms. The van der Waals surface area contributed by atoms with Gasteiger partial charge in [0.2, 0.25) is 0 Å². The predicted octanol–water partition coefficient (Wildman–Crippen LogP) is 6.75. The smallest absolute Gasteiger partial charge is 0.0650 e. The van der Waals surface area contributed by atoms with Crippen molar-refractivity contribution in [2.45, 2.75) is 122 Å². The van der Waals surface area contributed by atoms with Crippen molar-refractivity contribution >= 4 is 0 Å². The maximum atomic E-state index is 11.4. The summed E-state index contributed by atoms with van der Waals surface area (Å²) in [5.74, 6) is 3.44. The molecule has 8 atom stereocenters. The standard InChI is InChI=1S/C26H46O2/c1-5-6-7-8-14-26(27)17-16-24(2)19(18-26)9-10-20-21-11-12-23(28-4)25(21,3)15-13-22(20)24/h19-23,27H,5-18H2,1-4H3/t19?,20-,21-,22+,23?,24-,25-,26?/m0/s1. The van der Waals surface area contributed by atoms with Crippen molar-refractivity contribution in [2.75, 3.05) is 7.11 Å². The first-order valence-electron chi connectivity index (χ1n) is 12.6. The highest BCUT2D eigenvalue weighted by molar-refractivity contribution is 5.10. The zero-order valence-corrected chi connectivity index (χ0v) is 19.1. The fourth-order valence-corrected chi connectivity index (χ4v) is 8.77. The van der Waals surface area contributed by atoms with Crippen LogP contribution < -0.4 is 0 Å². The molecule has 162 valence electrons. The highest BCUT2D eigenvalue weighted by atomic mass is 16.5. The van der Waals surface area contributed by atoms with Gasteiger partial charge in [0.25, 0.3) is 0 Å². The Hall–Kier alpha value is -0.0800. The Morgan fingerprint density at radius 2 is 1.64 bits per heavy atom. The summed E-state index contributed by atoms with van der Waals surface area (Å²) in [7, 11) is 1.94. The normalized spacial score (nSPS) is 50.7. The van der Waals surface area contributed by atoms with Gasteiger partial charge in [-0.15, -0.1) is 0 Å². The molecule has 4 saturated carbocycles. The molecule has 0 radical (unpaired) electrons. The molecule has 0 aromatic rings. The molecule has 4 rings (SSSR count). The Kier molecular flexibility index (Phi) is 5.95. The number of unbranched alkanes of at least 4 members (excludes halogenated alkanes) is 3. The van der Waals surface area contributed by atoms with Crippen molar-refractivity contribution in [1.82, 2.24) is 0 Å². The monoisotopic (exact) mass is 390 g/mol. The lowest BCUT2D eigenvalue weighted by Crippen LogP contribution is -2.56. The van der Waals surface area contributed by atoms with Crippen LogP contribution in [-0.2, 0) is 4.74 Å². The van der Waals surface area contributed by atoms with Crippen LogP contribution in [0, 0.1) is 34.5 Å². The molecule has 0 aromatic heterocycles. The summed E-state index contributed by atoms with van der Waals surface area (Å²) < 4.78 is 5.94. The molecule has 28 heavy (non-hydrogen) atoms. The topological polar surface area (TPSA) is 29.5 Å². The average Bonchev–Trinajstić information content (AvgIpc) is 3.02. The van der Waals surface area contributed by atoms with E-state index in [2.05, 4.69) is 20.8 Å². The molecule has 2 nitrogen and oxygen atoms in total. The molecule has 0 heterocycles. The van der Waals surface area contributed by atoms with E-state index in [-0.39, 0.29) is 5.60 Å². The third-order valence-electron chi connectivity index (χ3n) is 10.5. The third-order valence-corrected chi connectivity index (χ3v) is 10.5. The first-order chi connectivity index (χ1) is 13.4. The van der Waals surface area contributed by atoms with Crippen LogP contribution in [0.1, 0.15) is 111 Å². The summed E-state index contributed by atoms with van der Waals surface area (Å²) in [6.45, 7) is 7.43. The van der Waals surface area contributed by atoms with Crippen molar-refractivity contribution < 1.29 is 9.84 Å². The number of rotatable bonds is 6. The van der Waals surface area contributed by atoms with Gasteiger partial charge in [0.15, 0.2) is 0 Å². The number of ether oxygens (including phenoxy) is 1. The molecular formula is C26H46O2. The summed E-state index contributed by atoms with van der Waals surface area (Å²) in [6, 6.07) is 0. The third kappa shape index (κ3) is 3.39. The molecule has 0 bridgehead atoms. The highest BCUT2D eigenvalue weighted by Gasteiger charge is 2.61. The van der Waals surface area contributed by atoms with E-state index in [1.165, 1.54) is 70.6 Å². The van der Waals surface area contributed by atoms with Crippen LogP contribution in [0.25, 0.3) is 0 Å². The van der Waals surface area contributed by atoms with Crippen molar-refractivity contribution in [3.63, 3.8) is 0 Å². The van der Waals surface area contributed by atoms with E-state index < -0.39 is 0 Å². The molecule has 3 unspecified atom stereocenters. The second kappa shape index (κ2) is 7.88. The van der Waals surface area contributed by atoms with E-state index in [0.29, 0.717) is 16.9 Å². The van der Waals surface area contributed by atoms with E-state index in [1.807, 2.05) is 7.11 Å². The molecule has 4 aliphatic rings. The first kappa shape index (κ1) is 21.2. The van der Waals surface area contributed by atoms with Crippen LogP contribution in [0.5, 0.6) is 0 Å². The maximum absolute atomic E-state index is 11.4. The lowest BCUT2D eigenvalue weighted by Gasteiger charge is -2.62. The molecule has 0 amide bonds. The number of methoxy groups -OCH3 is 1. The second-order valence-corrected chi connectivity index (χ2v) is 11.7. The molecule has 4 aliphatic carbocycles. The van der Waals surface area contributed by atoms with Gasteiger partial charge in [-0.05, 0) is 98.7 Å². The largest absolute Gasteiger partial charge is 0.390 e. The zero-order chi connectivity index (χ0) is 20.0. The van der Waals surface area contributed by atoms with E-state index >= 15 is 0 Å². The molecular weight excluding hydrogens is 344 g/mol. The maximum Gasteiger partial charge on any atom is 0.0650 e. The number of hydrogen-bond acceptors (Lipinski definition) is 2. The van der Waals surface area contributed by atoms with Crippen LogP contribution in [0.4, 0.5) is 0 Å². The van der Waals surface area contributed by atoms with E-state index in [1.54, 1.807) is 0 Å². The van der Waals surface area contributed by atoms with E-state index in [0.717, 1.165) is 42.9 Å². The van der Waals surface area contributed by atoms with Crippen LogP contribution in [0.3, 0.4) is 0 Å². The van der Waals surface area contributed by atoms with Gasteiger partial charge in [0.05, 0.1) is 11.7 Å². The van der Waals surface area contributed by atoms with Gasteiger partial charge in [-0.3, -0.25) is 0 Å². The van der Waals surface area contributed by atoms with Gasteiger partial charge in [-0.2, -0.15) is 0 Å². The van der Waals surface area contributed by atoms with Gasteiger partial charge in [-0.25, -0.2) is 0 Å². The van der Waals surface area contributed by atoms with Gasteiger partial charge in [0, 0.05) is 7.11 Å². The summed E-state index contributed by atoms with van der Waals surface area (Å²) in [5, 5.41) is 11.4. The fourth-order valence-electron chi connectivity index (χ4n) is 8.77. The lowest BCUT2D eigenvalue weighted by atomic mass is 9.44. The quantitative estimate of drug-likeness (QED) is 0.508. The molecule has 1 N–H and O–H groups in total. The van der Waals surface area contributed by atoms with Crippen molar-refractivity contribution in [2.24, 2.45) is 34.5 Å². The minimum Gasteiger partial charge on any atom is -0.390 e. The van der Waals surface area contributed by atoms with Gasteiger partial charge in [-0.1, -0.05) is 46.5 Å². The minimum atomic E-state index is -0.359. The summed E-state index contributed by atoms with van der Waals surface area (Å²) in [5.41, 5.74) is 0.543. The number of hydrogen-bond donors (Lipinski definition) is 1. The van der Waals surface area contributed by atoms with Crippen LogP contribution >= 0.6 is 0 Å². The van der Waals surface area contributed by atoms with E-state index in [4.69, 9.17) is 4.74 Å². The second-order valence-electron chi connectivity index (χ2n) is 11.7. The summed E-state index contributed by atoms with van der Waals surface area (Å²) in [4.78, 5) is 0. The fraction of sp³-hybridized carbons (Fsp3) is 1.00. The van der Waals surface area contributed by atoms with Crippen LogP contribution in [0.2, 0.25) is 0 Å². The highest BCUT2D eigenvalue weighted by Crippen LogP contribution is 2.67. The van der Waals surface area contributed by atoms with Crippen LogP contribution in [-0.4, -0.2) is 23.9 Å². The van der Waals surface area contributed by atoms with E-state index in [9.17, 15) is 5.11 Å². The molecule has 0 aromatic carbocycles. The van der Waals surface area contributed by atoms with Gasteiger partial charge in [0.1, 0.15) is 0 Å². The van der Waals surface area contributed by atoms with Crippen molar-refractivity contribution in [1.29, 1.82) is 0 Å². The average molecular weight is 391 g/mol. The Labute approximate surface area is 174 Å². The van der Waals surface area contributed by atoms with Gasteiger partial charge >= 0.3 is 0 Å². The molecule has 0 aliphatic heterocycles. The first-order valence-corrected chi connectivity index (χ1v) is 12.6. The number of aliphatic hydroxyl groups is 1. The summed E-state index contributed by atoms with van der Waals surface area (Å²) in [6.07, 6.45) is 18.3. The molecule has 0 saturated heterocycles. The lowest BCUT2D eigenvalue weighted by molar-refractivity contribution is -0.158. The van der Waals surface area contributed by atoms with Crippen molar-refractivity contribution in [3.05, 3.63) is 0 Å². The molecule has 2 heteroatoms. The van der Waals surface area contributed by atoms with Gasteiger partial charge < -0.3 is 9.84 Å². The van der Waals surface area contributed by atoms with Crippen molar-refractivity contribution in [3.8, 4) is 0 Å². The molecule has 4 fully saturated rings. The van der Waals surface area contributed by atoms with Crippen LogP contribution in [0.15, 0.2) is 0 Å². The SMILES string of the molecule is CCCCCCC1(O)CC[C@@]2(C)C(CC[C@@H]3[C@H]2CC[C@]2(C)C(OC)CC[C@@H]32)C1. The zero-order valence-electron chi connectivity index (χ0n) is 19.1. The Bertz CT molecular complexity index is 547.